The zero-order valence-corrected chi connectivity index (χ0v) is 18.2. The smallest absolute Gasteiger partial charge is 0.325 e. The van der Waals surface area contributed by atoms with Crippen LogP contribution in [0.2, 0.25) is 0 Å². The van der Waals surface area contributed by atoms with Crippen LogP contribution in [0.5, 0.6) is 5.75 Å². The topological polar surface area (TPSA) is 116 Å². The Bertz CT molecular complexity index is 817. The number of amides is 3. The molecule has 3 atom stereocenters. The number of hydrogen-bond acceptors (Lipinski definition) is 6. The van der Waals surface area contributed by atoms with Crippen LogP contribution >= 0.6 is 0 Å². The number of likely N-dealkylation sites (N-methyl/N-ethyl adjacent to an activating group) is 1. The van der Waals surface area contributed by atoms with Gasteiger partial charge in [0, 0.05) is 27.3 Å². The summed E-state index contributed by atoms with van der Waals surface area (Å²) in [6, 6.07) is 6.56. The van der Waals surface area contributed by atoms with Crippen LogP contribution in [-0.2, 0) is 16.0 Å². The van der Waals surface area contributed by atoms with Crippen LogP contribution in [0.4, 0.5) is 4.79 Å². The molecule has 0 aliphatic carbocycles. The van der Waals surface area contributed by atoms with E-state index < -0.39 is 30.2 Å². The Hall–Kier alpha value is -2.85. The van der Waals surface area contributed by atoms with Gasteiger partial charge >= 0.3 is 6.03 Å². The number of fused-ring (bicyclic) bond motifs is 1. The molecule has 10 nitrogen and oxygen atoms in total. The summed E-state index contributed by atoms with van der Waals surface area (Å²) in [7, 11) is 3.23. The van der Waals surface area contributed by atoms with E-state index in [4.69, 9.17) is 9.47 Å². The number of rotatable bonds is 10. The number of benzene rings is 1. The number of imide groups is 1. The van der Waals surface area contributed by atoms with Crippen molar-refractivity contribution >= 4 is 17.9 Å². The number of hydrogen-bond donors (Lipinski definition) is 3. The number of aliphatic hydroxyl groups excluding tert-OH is 1. The molecule has 2 saturated heterocycles. The van der Waals surface area contributed by atoms with Crippen molar-refractivity contribution < 1.29 is 24.2 Å². The number of aliphatic hydroxyl groups is 1. The maximum atomic E-state index is 12.6. The molecule has 3 rings (SSSR count). The summed E-state index contributed by atoms with van der Waals surface area (Å²) in [5.41, 5.74) is 1.15. The van der Waals surface area contributed by atoms with E-state index in [0.29, 0.717) is 31.3 Å². The molecule has 2 fully saturated rings. The second kappa shape index (κ2) is 10.5. The van der Waals surface area contributed by atoms with Crippen LogP contribution in [0.25, 0.3) is 0 Å². The highest BCUT2D eigenvalue weighted by Crippen LogP contribution is 2.21. The minimum atomic E-state index is -0.870. The van der Waals surface area contributed by atoms with E-state index in [9.17, 15) is 14.7 Å². The van der Waals surface area contributed by atoms with Crippen molar-refractivity contribution in [3.05, 3.63) is 29.8 Å². The van der Waals surface area contributed by atoms with Gasteiger partial charge in [-0.15, -0.1) is 0 Å². The summed E-state index contributed by atoms with van der Waals surface area (Å²) in [5.74, 6) is 0.728. The SMILES string of the molecule is CCc1cccc(OCC(O)CN2C(=NCCCOC)NC3C2C(=O)NC(=O)N3C)c1. The number of urea groups is 1. The minimum absolute atomic E-state index is 0.0639. The molecule has 170 valence electrons. The summed E-state index contributed by atoms with van der Waals surface area (Å²) >= 11 is 0. The lowest BCUT2D eigenvalue weighted by Crippen LogP contribution is -2.65. The zero-order chi connectivity index (χ0) is 22.4. The van der Waals surface area contributed by atoms with Gasteiger partial charge in [-0.1, -0.05) is 19.1 Å². The van der Waals surface area contributed by atoms with Gasteiger partial charge in [-0.25, -0.2) is 4.79 Å². The summed E-state index contributed by atoms with van der Waals surface area (Å²) in [6.45, 7) is 3.31. The average molecular weight is 434 g/mol. The third kappa shape index (κ3) is 5.45. The Balaban J connectivity index is 1.69. The molecule has 3 unspecified atom stereocenters. The van der Waals surface area contributed by atoms with E-state index >= 15 is 0 Å². The van der Waals surface area contributed by atoms with Crippen molar-refractivity contribution in [1.29, 1.82) is 0 Å². The van der Waals surface area contributed by atoms with E-state index in [0.717, 1.165) is 12.0 Å². The second-order valence-electron chi connectivity index (χ2n) is 7.61. The molecule has 1 aromatic carbocycles. The summed E-state index contributed by atoms with van der Waals surface area (Å²) < 4.78 is 10.8. The van der Waals surface area contributed by atoms with Gasteiger partial charge in [-0.05, 0) is 30.5 Å². The van der Waals surface area contributed by atoms with E-state index in [1.807, 2.05) is 24.3 Å². The predicted octanol–water partition coefficient (Wildman–Crippen LogP) is 0.163. The third-order valence-electron chi connectivity index (χ3n) is 5.34. The molecule has 0 aromatic heterocycles. The molecule has 0 spiro atoms. The van der Waals surface area contributed by atoms with Crippen LogP contribution in [0.1, 0.15) is 18.9 Å². The minimum Gasteiger partial charge on any atom is -0.491 e. The van der Waals surface area contributed by atoms with Gasteiger partial charge in [-0.3, -0.25) is 15.1 Å². The highest BCUT2D eigenvalue weighted by atomic mass is 16.5. The molecule has 3 N–H and O–H groups in total. The van der Waals surface area contributed by atoms with Crippen LogP contribution < -0.4 is 15.4 Å². The Morgan fingerprint density at radius 3 is 2.87 bits per heavy atom. The van der Waals surface area contributed by atoms with Gasteiger partial charge in [-0.2, -0.15) is 0 Å². The average Bonchev–Trinajstić information content (AvgIpc) is 3.12. The van der Waals surface area contributed by atoms with Crippen molar-refractivity contribution in [2.24, 2.45) is 4.99 Å². The van der Waals surface area contributed by atoms with Gasteiger partial charge in [0.1, 0.15) is 24.6 Å². The molecule has 2 heterocycles. The first-order chi connectivity index (χ1) is 14.9. The van der Waals surface area contributed by atoms with Gasteiger partial charge in [0.2, 0.25) is 0 Å². The fraction of sp³-hybridized carbons (Fsp3) is 0.571. The quantitative estimate of drug-likeness (QED) is 0.450. The van der Waals surface area contributed by atoms with Crippen LogP contribution in [0.3, 0.4) is 0 Å². The van der Waals surface area contributed by atoms with E-state index in [-0.39, 0.29) is 13.2 Å². The number of nitrogens with zero attached hydrogens (tertiary/aromatic N) is 3. The Morgan fingerprint density at radius 2 is 2.13 bits per heavy atom. The highest BCUT2D eigenvalue weighted by molar-refractivity contribution is 6.04. The fourth-order valence-corrected chi connectivity index (χ4v) is 3.64. The van der Waals surface area contributed by atoms with Crippen LogP contribution in [0, 0.1) is 0 Å². The molecule has 1 aromatic rings. The number of carbonyl (C=O) groups is 2. The molecule has 31 heavy (non-hydrogen) atoms. The maximum absolute atomic E-state index is 12.6. The lowest BCUT2D eigenvalue weighted by atomic mass is 10.1. The molecular formula is C21H31N5O5. The van der Waals surface area contributed by atoms with Crippen molar-refractivity contribution in [2.75, 3.05) is 40.5 Å². The standard InChI is InChI=1S/C21H31N5O5/c1-4-14-7-5-8-16(11-14)31-13-15(27)12-26-17-18(25(2)21(29)24-19(17)28)23-20(26)22-9-6-10-30-3/h5,7-8,11,15,17-18,27H,4,6,9-10,12-13H2,1-3H3,(H,22,23)(H,24,28,29). The number of nitrogens with one attached hydrogen (secondary N) is 2. The van der Waals surface area contributed by atoms with Gasteiger partial charge in [0.05, 0.1) is 6.54 Å². The molecule has 3 amide bonds. The Labute approximate surface area is 182 Å². The van der Waals surface area contributed by atoms with Crippen LogP contribution in [0.15, 0.2) is 29.3 Å². The second-order valence-corrected chi connectivity index (χ2v) is 7.61. The molecular weight excluding hydrogens is 402 g/mol. The molecule has 2 aliphatic rings. The Morgan fingerprint density at radius 1 is 1.32 bits per heavy atom. The first-order valence-electron chi connectivity index (χ1n) is 10.5. The summed E-state index contributed by atoms with van der Waals surface area (Å²) in [4.78, 5) is 32.2. The van der Waals surface area contributed by atoms with Gasteiger partial charge < -0.3 is 29.7 Å². The number of methoxy groups -OCH3 is 1. The van der Waals surface area contributed by atoms with Crippen molar-refractivity contribution in [1.82, 2.24) is 20.4 Å². The summed E-state index contributed by atoms with van der Waals surface area (Å²) in [5, 5.41) is 16.1. The van der Waals surface area contributed by atoms with E-state index in [1.54, 1.807) is 19.1 Å². The lowest BCUT2D eigenvalue weighted by Gasteiger charge is -2.35. The first-order valence-corrected chi connectivity index (χ1v) is 10.5. The molecule has 2 aliphatic heterocycles. The monoisotopic (exact) mass is 433 g/mol. The molecule has 0 saturated carbocycles. The first kappa shape index (κ1) is 22.8. The highest BCUT2D eigenvalue weighted by Gasteiger charge is 2.50. The largest absolute Gasteiger partial charge is 0.491 e. The normalized spacial score (nSPS) is 22.9. The van der Waals surface area contributed by atoms with Crippen molar-refractivity contribution in [2.45, 2.75) is 38.1 Å². The number of aliphatic imine (C=N–C) groups is 1. The number of guanidine groups is 1. The van der Waals surface area contributed by atoms with Crippen molar-refractivity contribution in [3.8, 4) is 5.75 Å². The predicted molar refractivity (Wildman–Crippen MR) is 115 cm³/mol. The Kier molecular flexibility index (Phi) is 7.69. The van der Waals surface area contributed by atoms with Crippen LogP contribution in [-0.4, -0.2) is 91.6 Å². The molecule has 0 radical (unpaired) electrons. The fourth-order valence-electron chi connectivity index (χ4n) is 3.64. The molecule has 10 heteroatoms. The van der Waals surface area contributed by atoms with E-state index in [2.05, 4.69) is 22.5 Å². The zero-order valence-electron chi connectivity index (χ0n) is 18.2. The number of carbonyl (C=O) groups excluding carboxylic acids is 2. The van der Waals surface area contributed by atoms with Gasteiger partial charge in [0.15, 0.2) is 12.0 Å². The maximum Gasteiger partial charge on any atom is 0.325 e. The third-order valence-corrected chi connectivity index (χ3v) is 5.34. The lowest BCUT2D eigenvalue weighted by molar-refractivity contribution is -0.127. The van der Waals surface area contributed by atoms with E-state index in [1.165, 1.54) is 4.90 Å². The summed E-state index contributed by atoms with van der Waals surface area (Å²) in [6.07, 6.45) is 0.181. The number of ether oxygens (including phenoxy) is 2. The van der Waals surface area contributed by atoms with Crippen molar-refractivity contribution in [3.63, 3.8) is 0 Å². The number of β-amino-alcohol motifs (C(OH)–C–C–N with tert-alkyl or cyclic N) is 1. The number of aryl methyl sites for hydroxylation is 1. The molecule has 0 bridgehead atoms. The van der Waals surface area contributed by atoms with Gasteiger partial charge in [0.25, 0.3) is 5.91 Å².